The molecule has 0 spiro atoms. The molecule has 0 heterocycles. The third kappa shape index (κ3) is 5.86. The highest BCUT2D eigenvalue weighted by Crippen LogP contribution is 2.25. The number of thioether (sulfide) groups is 1. The topological polar surface area (TPSA) is 66.5 Å². The third-order valence-electron chi connectivity index (χ3n) is 4.46. The van der Waals surface area contributed by atoms with Gasteiger partial charge in [-0.25, -0.2) is 12.8 Å². The second kappa shape index (κ2) is 10.3. The van der Waals surface area contributed by atoms with E-state index in [-0.39, 0.29) is 17.0 Å². The van der Waals surface area contributed by atoms with Gasteiger partial charge in [0.25, 0.3) is 0 Å². The standard InChI is InChI=1S/C22H20ClFN2O3S2/c1-30-21-9-5-4-8-20(21)25-22(27)15-26(14-16-6-2-3-7-19(16)24)31(28,29)18-12-10-17(23)11-13-18/h2-13H,14-15H2,1H3,(H,25,27). The zero-order valence-corrected chi connectivity index (χ0v) is 19.0. The molecule has 0 bridgehead atoms. The van der Waals surface area contributed by atoms with Crippen LogP contribution in [0.1, 0.15) is 5.56 Å². The Balaban J connectivity index is 1.91. The average molecular weight is 479 g/mol. The fourth-order valence-corrected chi connectivity index (χ4v) is 4.95. The number of carbonyl (C=O) groups excluding carboxylic acids is 1. The van der Waals surface area contributed by atoms with Crippen molar-refractivity contribution in [2.75, 3.05) is 18.1 Å². The molecule has 0 aromatic heterocycles. The molecule has 0 aliphatic heterocycles. The maximum absolute atomic E-state index is 14.2. The molecule has 5 nitrogen and oxygen atoms in total. The quantitative estimate of drug-likeness (QED) is 0.461. The molecule has 9 heteroatoms. The first kappa shape index (κ1) is 23.3. The Labute approximate surface area is 190 Å². The van der Waals surface area contributed by atoms with Gasteiger partial charge in [-0.15, -0.1) is 11.8 Å². The minimum Gasteiger partial charge on any atom is -0.324 e. The Morgan fingerprint density at radius 2 is 1.68 bits per heavy atom. The van der Waals surface area contributed by atoms with Crippen molar-refractivity contribution in [2.45, 2.75) is 16.3 Å². The molecule has 0 radical (unpaired) electrons. The molecule has 0 aliphatic carbocycles. The van der Waals surface area contributed by atoms with E-state index >= 15 is 0 Å². The molecule has 0 aliphatic rings. The summed E-state index contributed by atoms with van der Waals surface area (Å²) < 4.78 is 41.7. The van der Waals surface area contributed by atoms with Crippen molar-refractivity contribution in [2.24, 2.45) is 0 Å². The van der Waals surface area contributed by atoms with Crippen molar-refractivity contribution in [3.8, 4) is 0 Å². The van der Waals surface area contributed by atoms with Gasteiger partial charge in [0, 0.05) is 22.0 Å². The molecule has 3 aromatic carbocycles. The Hall–Kier alpha value is -2.39. The lowest BCUT2D eigenvalue weighted by Gasteiger charge is -2.22. The highest BCUT2D eigenvalue weighted by molar-refractivity contribution is 7.98. The summed E-state index contributed by atoms with van der Waals surface area (Å²) >= 11 is 7.33. The molecule has 0 atom stereocenters. The highest BCUT2D eigenvalue weighted by Gasteiger charge is 2.28. The van der Waals surface area contributed by atoms with Gasteiger partial charge < -0.3 is 5.32 Å². The second-order valence-corrected chi connectivity index (χ2v) is 9.79. The van der Waals surface area contributed by atoms with Crippen LogP contribution in [0, 0.1) is 5.82 Å². The fraction of sp³-hybridized carbons (Fsp3) is 0.136. The van der Waals surface area contributed by atoms with Crippen LogP contribution in [0.15, 0.2) is 82.6 Å². The molecule has 0 saturated heterocycles. The number of halogens is 2. The van der Waals surface area contributed by atoms with Crippen LogP contribution in [-0.2, 0) is 21.4 Å². The van der Waals surface area contributed by atoms with Gasteiger partial charge in [0.1, 0.15) is 5.82 Å². The maximum atomic E-state index is 14.2. The molecule has 0 saturated carbocycles. The number of carbonyl (C=O) groups is 1. The first-order valence-electron chi connectivity index (χ1n) is 9.23. The van der Waals surface area contributed by atoms with E-state index in [0.717, 1.165) is 9.20 Å². The number of anilines is 1. The van der Waals surface area contributed by atoms with Gasteiger partial charge in [0.15, 0.2) is 0 Å². The number of nitrogens with one attached hydrogen (secondary N) is 1. The summed E-state index contributed by atoms with van der Waals surface area (Å²) in [5.41, 5.74) is 0.743. The van der Waals surface area contributed by atoms with Gasteiger partial charge in [-0.2, -0.15) is 4.31 Å². The van der Waals surface area contributed by atoms with Gasteiger partial charge in [0.05, 0.1) is 17.1 Å². The van der Waals surface area contributed by atoms with Crippen LogP contribution >= 0.6 is 23.4 Å². The minimum absolute atomic E-state index is 0.0365. The number of rotatable bonds is 8. The van der Waals surface area contributed by atoms with E-state index in [1.165, 1.54) is 54.2 Å². The van der Waals surface area contributed by atoms with Crippen molar-refractivity contribution < 1.29 is 17.6 Å². The molecule has 162 valence electrons. The Kier molecular flexibility index (Phi) is 7.72. The van der Waals surface area contributed by atoms with Crippen LogP contribution in [0.3, 0.4) is 0 Å². The molecular weight excluding hydrogens is 459 g/mol. The summed E-state index contributed by atoms with van der Waals surface area (Å²) in [7, 11) is -4.09. The average Bonchev–Trinajstić information content (AvgIpc) is 2.75. The molecule has 0 fully saturated rings. The lowest BCUT2D eigenvalue weighted by atomic mass is 10.2. The zero-order chi connectivity index (χ0) is 22.4. The monoisotopic (exact) mass is 478 g/mol. The van der Waals surface area contributed by atoms with Crippen molar-refractivity contribution >= 4 is 45.0 Å². The van der Waals surface area contributed by atoms with E-state index in [2.05, 4.69) is 5.32 Å². The van der Waals surface area contributed by atoms with Gasteiger partial charge >= 0.3 is 0 Å². The minimum atomic E-state index is -4.09. The first-order valence-corrected chi connectivity index (χ1v) is 12.3. The van der Waals surface area contributed by atoms with Crippen molar-refractivity contribution in [1.82, 2.24) is 4.31 Å². The van der Waals surface area contributed by atoms with Gasteiger partial charge in [-0.05, 0) is 48.7 Å². The van der Waals surface area contributed by atoms with E-state index in [0.29, 0.717) is 10.7 Å². The van der Waals surface area contributed by atoms with Crippen LogP contribution < -0.4 is 5.32 Å². The van der Waals surface area contributed by atoms with Crippen LogP contribution in [0.4, 0.5) is 10.1 Å². The molecule has 1 N–H and O–H groups in total. The van der Waals surface area contributed by atoms with Crippen LogP contribution in [-0.4, -0.2) is 31.4 Å². The largest absolute Gasteiger partial charge is 0.324 e. The summed E-state index contributed by atoms with van der Waals surface area (Å²) in [5, 5.41) is 3.12. The molecule has 31 heavy (non-hydrogen) atoms. The SMILES string of the molecule is CSc1ccccc1NC(=O)CN(Cc1ccccc1F)S(=O)(=O)c1ccc(Cl)cc1. The zero-order valence-electron chi connectivity index (χ0n) is 16.6. The number of sulfonamides is 1. The number of hydrogen-bond donors (Lipinski definition) is 1. The lowest BCUT2D eigenvalue weighted by Crippen LogP contribution is -2.37. The van der Waals surface area contributed by atoms with Gasteiger partial charge in [-0.1, -0.05) is 41.9 Å². The Morgan fingerprint density at radius 3 is 2.35 bits per heavy atom. The second-order valence-electron chi connectivity index (χ2n) is 6.57. The van der Waals surface area contributed by atoms with Crippen LogP contribution in [0.5, 0.6) is 0 Å². The third-order valence-corrected chi connectivity index (χ3v) is 7.31. The summed E-state index contributed by atoms with van der Waals surface area (Å²) in [6.07, 6.45) is 1.88. The molecule has 1 amide bonds. The Bertz CT molecular complexity index is 1170. The van der Waals surface area contributed by atoms with Crippen LogP contribution in [0.2, 0.25) is 5.02 Å². The summed E-state index contributed by atoms with van der Waals surface area (Å²) in [6, 6.07) is 18.7. The van der Waals surface area contributed by atoms with Gasteiger partial charge in [0.2, 0.25) is 15.9 Å². The predicted molar refractivity (Wildman–Crippen MR) is 122 cm³/mol. The Morgan fingerprint density at radius 1 is 1.03 bits per heavy atom. The lowest BCUT2D eigenvalue weighted by molar-refractivity contribution is -0.116. The number of amides is 1. The fourth-order valence-electron chi connectivity index (χ4n) is 2.90. The van der Waals surface area contributed by atoms with Crippen LogP contribution in [0.25, 0.3) is 0 Å². The molecular formula is C22H20ClFN2O3S2. The van der Waals surface area contributed by atoms with E-state index in [9.17, 15) is 17.6 Å². The van der Waals surface area contributed by atoms with Crippen molar-refractivity contribution in [3.63, 3.8) is 0 Å². The first-order chi connectivity index (χ1) is 14.8. The van der Waals surface area contributed by atoms with E-state index in [1.807, 2.05) is 18.4 Å². The van der Waals surface area contributed by atoms with Gasteiger partial charge in [-0.3, -0.25) is 4.79 Å². The van der Waals surface area contributed by atoms with E-state index < -0.39 is 28.3 Å². The van der Waals surface area contributed by atoms with Crippen molar-refractivity contribution in [1.29, 1.82) is 0 Å². The summed E-state index contributed by atoms with van der Waals surface area (Å²) in [5.74, 6) is -1.08. The summed E-state index contributed by atoms with van der Waals surface area (Å²) in [6.45, 7) is -0.781. The number of para-hydroxylation sites is 1. The number of benzene rings is 3. The number of hydrogen-bond acceptors (Lipinski definition) is 4. The van der Waals surface area contributed by atoms with E-state index in [1.54, 1.807) is 18.2 Å². The molecule has 0 unspecified atom stereocenters. The van der Waals surface area contributed by atoms with E-state index in [4.69, 9.17) is 11.6 Å². The summed E-state index contributed by atoms with van der Waals surface area (Å²) in [4.78, 5) is 13.6. The van der Waals surface area contributed by atoms with Crippen molar-refractivity contribution in [3.05, 3.63) is 89.2 Å². The highest BCUT2D eigenvalue weighted by atomic mass is 35.5. The molecule has 3 rings (SSSR count). The maximum Gasteiger partial charge on any atom is 0.243 e. The smallest absolute Gasteiger partial charge is 0.243 e. The molecule has 3 aromatic rings. The number of nitrogens with zero attached hydrogens (tertiary/aromatic N) is 1. The normalized spacial score (nSPS) is 11.5. The predicted octanol–water partition coefficient (Wildman–Crippen LogP) is 5.03.